The topological polar surface area (TPSA) is 61.8 Å². The fraction of sp³-hybridized carbons (Fsp3) is 0.412. The summed E-state index contributed by atoms with van der Waals surface area (Å²) in [5, 5.41) is 0. The Kier molecular flexibility index (Phi) is 5.58. The first-order valence-electron chi connectivity index (χ1n) is 7.48. The van der Waals surface area contributed by atoms with Crippen molar-refractivity contribution in [2.24, 2.45) is 0 Å². The molecule has 1 aliphatic rings. The summed E-state index contributed by atoms with van der Waals surface area (Å²) in [5.74, 6) is -0.473. The number of carbonyl (C=O) groups is 2. The van der Waals surface area contributed by atoms with Crippen LogP contribution in [0.3, 0.4) is 0 Å². The predicted molar refractivity (Wildman–Crippen MR) is 81.4 cm³/mol. The highest BCUT2D eigenvalue weighted by atomic mass is 16.5. The number of hydrogen-bond donors (Lipinski definition) is 0. The molecule has 5 nitrogen and oxygen atoms in total. The van der Waals surface area contributed by atoms with Gasteiger partial charge in [-0.2, -0.15) is 0 Å². The highest BCUT2D eigenvalue weighted by molar-refractivity contribution is 6.24. The van der Waals surface area contributed by atoms with Crippen molar-refractivity contribution >= 4 is 17.5 Å². The van der Waals surface area contributed by atoms with Gasteiger partial charge >= 0.3 is 11.9 Å². The maximum atomic E-state index is 12.4. The second-order valence-electron chi connectivity index (χ2n) is 4.91. The molecule has 0 aliphatic carbocycles. The van der Waals surface area contributed by atoms with Crippen LogP contribution in [-0.4, -0.2) is 31.8 Å². The Morgan fingerprint density at radius 1 is 1.05 bits per heavy atom. The quantitative estimate of drug-likeness (QED) is 0.756. The van der Waals surface area contributed by atoms with Gasteiger partial charge in [0.1, 0.15) is 12.4 Å². The zero-order valence-corrected chi connectivity index (χ0v) is 12.9. The molecule has 0 unspecified atom stereocenters. The lowest BCUT2D eigenvalue weighted by molar-refractivity contribution is -0.141. The van der Waals surface area contributed by atoms with Crippen LogP contribution in [0.1, 0.15) is 32.3 Å². The first kappa shape index (κ1) is 16.1. The van der Waals surface area contributed by atoms with Crippen LogP contribution in [0.25, 0.3) is 5.57 Å². The van der Waals surface area contributed by atoms with Gasteiger partial charge in [0.2, 0.25) is 0 Å². The average Bonchev–Trinajstić information content (AvgIpc) is 2.56. The van der Waals surface area contributed by atoms with Gasteiger partial charge in [-0.3, -0.25) is 0 Å². The van der Waals surface area contributed by atoms with Gasteiger partial charge in [-0.25, -0.2) is 9.59 Å². The van der Waals surface area contributed by atoms with Gasteiger partial charge < -0.3 is 14.2 Å². The molecule has 0 bridgehead atoms. The van der Waals surface area contributed by atoms with Crippen molar-refractivity contribution in [3.05, 3.63) is 35.4 Å². The van der Waals surface area contributed by atoms with Gasteiger partial charge in [-0.05, 0) is 18.9 Å². The summed E-state index contributed by atoms with van der Waals surface area (Å²) in [5.41, 5.74) is 1.03. The molecule has 0 amide bonds. The minimum atomic E-state index is -0.528. The van der Waals surface area contributed by atoms with E-state index in [1.165, 1.54) is 0 Å². The van der Waals surface area contributed by atoms with Crippen molar-refractivity contribution in [3.8, 4) is 5.75 Å². The number of carbonyl (C=O) groups excluding carboxylic acids is 2. The lowest BCUT2D eigenvalue weighted by Gasteiger charge is -2.22. The van der Waals surface area contributed by atoms with E-state index in [2.05, 4.69) is 0 Å². The van der Waals surface area contributed by atoms with Gasteiger partial charge in [-0.15, -0.1) is 0 Å². The van der Waals surface area contributed by atoms with Crippen molar-refractivity contribution in [2.75, 3.05) is 19.8 Å². The molecule has 5 heteroatoms. The Bertz CT molecular complexity index is 588. The number of para-hydroxylation sites is 1. The predicted octanol–water partition coefficient (Wildman–Crippen LogP) is 2.74. The zero-order valence-electron chi connectivity index (χ0n) is 12.9. The maximum Gasteiger partial charge on any atom is 0.339 e. The minimum Gasteiger partial charge on any atom is -0.488 e. The monoisotopic (exact) mass is 304 g/mol. The number of fused-ring (bicyclic) bond motifs is 1. The van der Waals surface area contributed by atoms with E-state index >= 15 is 0 Å². The average molecular weight is 304 g/mol. The van der Waals surface area contributed by atoms with Crippen LogP contribution in [0, 0.1) is 0 Å². The van der Waals surface area contributed by atoms with Crippen LogP contribution in [-0.2, 0) is 19.1 Å². The smallest absolute Gasteiger partial charge is 0.339 e. The van der Waals surface area contributed by atoms with Crippen molar-refractivity contribution in [1.29, 1.82) is 0 Å². The van der Waals surface area contributed by atoms with Crippen LogP contribution < -0.4 is 4.74 Å². The molecular weight excluding hydrogens is 284 g/mol. The molecule has 0 radical (unpaired) electrons. The van der Waals surface area contributed by atoms with E-state index in [4.69, 9.17) is 14.2 Å². The van der Waals surface area contributed by atoms with E-state index in [-0.39, 0.29) is 17.8 Å². The molecule has 0 saturated carbocycles. The molecule has 1 heterocycles. The fourth-order valence-corrected chi connectivity index (χ4v) is 2.13. The Balaban J connectivity index is 2.40. The number of esters is 2. The summed E-state index contributed by atoms with van der Waals surface area (Å²) in [6.07, 6.45) is 1.43. The molecular formula is C17H20O5. The molecule has 0 saturated heterocycles. The molecule has 0 N–H and O–H groups in total. The zero-order chi connectivity index (χ0) is 15.9. The number of benzene rings is 1. The van der Waals surface area contributed by atoms with Crippen LogP contribution in [0.15, 0.2) is 29.8 Å². The molecule has 2 rings (SSSR count). The molecule has 1 aromatic carbocycles. The molecule has 1 aliphatic heterocycles. The van der Waals surface area contributed by atoms with Crippen LogP contribution in [0.4, 0.5) is 0 Å². The molecule has 0 spiro atoms. The molecule has 22 heavy (non-hydrogen) atoms. The summed E-state index contributed by atoms with van der Waals surface area (Å²) in [6.45, 7) is 4.45. The van der Waals surface area contributed by atoms with E-state index in [9.17, 15) is 9.59 Å². The maximum absolute atomic E-state index is 12.4. The normalized spacial score (nSPS) is 13.2. The highest BCUT2D eigenvalue weighted by Crippen LogP contribution is 2.34. The third-order valence-electron chi connectivity index (χ3n) is 3.16. The fourth-order valence-electron chi connectivity index (χ4n) is 2.13. The molecule has 0 atom stereocenters. The van der Waals surface area contributed by atoms with Gasteiger partial charge in [0.05, 0.1) is 24.4 Å². The van der Waals surface area contributed by atoms with Crippen LogP contribution in [0.5, 0.6) is 5.75 Å². The third kappa shape index (κ3) is 3.47. The van der Waals surface area contributed by atoms with Gasteiger partial charge in [0.15, 0.2) is 0 Å². The second-order valence-corrected chi connectivity index (χ2v) is 4.91. The highest BCUT2D eigenvalue weighted by Gasteiger charge is 2.30. The lowest BCUT2D eigenvalue weighted by atomic mass is 9.97. The molecule has 0 fully saturated rings. The number of rotatable bonds is 6. The van der Waals surface area contributed by atoms with Gasteiger partial charge in [-0.1, -0.05) is 32.0 Å². The largest absolute Gasteiger partial charge is 0.488 e. The van der Waals surface area contributed by atoms with Crippen LogP contribution >= 0.6 is 0 Å². The summed E-state index contributed by atoms with van der Waals surface area (Å²) >= 11 is 0. The lowest BCUT2D eigenvalue weighted by Crippen LogP contribution is -2.24. The SMILES string of the molecule is CCCOC(=O)C1=C(C(=O)OCCC)c2ccccc2OC1. The van der Waals surface area contributed by atoms with Gasteiger partial charge in [0.25, 0.3) is 0 Å². The summed E-state index contributed by atoms with van der Waals surface area (Å²) in [6, 6.07) is 7.10. The number of hydrogen-bond acceptors (Lipinski definition) is 5. The molecule has 118 valence electrons. The van der Waals surface area contributed by atoms with E-state index in [1.807, 2.05) is 19.9 Å². The van der Waals surface area contributed by atoms with Gasteiger partial charge in [0, 0.05) is 5.56 Å². The summed E-state index contributed by atoms with van der Waals surface area (Å²) < 4.78 is 15.9. The third-order valence-corrected chi connectivity index (χ3v) is 3.16. The van der Waals surface area contributed by atoms with Crippen molar-refractivity contribution in [1.82, 2.24) is 0 Å². The summed E-state index contributed by atoms with van der Waals surface area (Å²) in [7, 11) is 0. The van der Waals surface area contributed by atoms with Crippen LogP contribution in [0.2, 0.25) is 0 Å². The molecule has 1 aromatic rings. The molecule has 0 aromatic heterocycles. The van der Waals surface area contributed by atoms with E-state index in [1.54, 1.807) is 18.2 Å². The standard InChI is InChI=1S/C17H20O5/c1-3-9-20-16(18)13-11-22-14-8-6-5-7-12(14)15(13)17(19)21-10-4-2/h5-8H,3-4,9-11H2,1-2H3. The van der Waals surface area contributed by atoms with E-state index < -0.39 is 11.9 Å². The Hall–Kier alpha value is -2.30. The second kappa shape index (κ2) is 7.64. The van der Waals surface area contributed by atoms with E-state index in [0.29, 0.717) is 37.4 Å². The Labute approximate surface area is 129 Å². The first-order valence-corrected chi connectivity index (χ1v) is 7.48. The summed E-state index contributed by atoms with van der Waals surface area (Å²) in [4.78, 5) is 24.6. The Morgan fingerprint density at radius 3 is 2.36 bits per heavy atom. The van der Waals surface area contributed by atoms with Crippen molar-refractivity contribution in [3.63, 3.8) is 0 Å². The van der Waals surface area contributed by atoms with Crippen molar-refractivity contribution < 1.29 is 23.8 Å². The minimum absolute atomic E-state index is 0.0100. The Morgan fingerprint density at radius 2 is 1.68 bits per heavy atom. The van der Waals surface area contributed by atoms with E-state index in [0.717, 1.165) is 0 Å². The first-order chi connectivity index (χ1) is 10.7. The number of ether oxygens (including phenoxy) is 3. The van der Waals surface area contributed by atoms with Crippen molar-refractivity contribution in [2.45, 2.75) is 26.7 Å².